The molecule has 18 heteroatoms. The van der Waals surface area contributed by atoms with Crippen molar-refractivity contribution in [2.45, 2.75) is 50.5 Å². The summed E-state index contributed by atoms with van der Waals surface area (Å²) in [6, 6.07) is 10.9. The number of hydrogen-bond acceptors (Lipinski definition) is 12. The molecule has 266 valence electrons. The first-order valence-electron chi connectivity index (χ1n) is 14.8. The molecule has 0 unspecified atom stereocenters. The number of aromatic nitrogens is 4. The van der Waals surface area contributed by atoms with E-state index in [1.165, 1.54) is 22.3 Å². The van der Waals surface area contributed by atoms with Gasteiger partial charge in [-0.25, -0.2) is 33.1 Å². The van der Waals surface area contributed by atoms with Gasteiger partial charge in [0.05, 0.1) is 41.5 Å². The summed E-state index contributed by atoms with van der Waals surface area (Å²) in [4.78, 5) is 46.6. The highest BCUT2D eigenvalue weighted by Gasteiger charge is 2.42. The lowest BCUT2D eigenvalue weighted by molar-refractivity contribution is -0.145. The topological polar surface area (TPSA) is 173 Å². The minimum absolute atomic E-state index is 0. The molecule has 3 atom stereocenters. The van der Waals surface area contributed by atoms with E-state index >= 15 is 4.39 Å². The Hall–Kier alpha value is -4.09. The van der Waals surface area contributed by atoms with Gasteiger partial charge in [-0.1, -0.05) is 19.1 Å². The number of nitriles is 1. The highest BCUT2D eigenvalue weighted by atomic mass is 127. The molecule has 13 nitrogen and oxygen atoms in total. The first kappa shape index (κ1) is 40.3. The zero-order chi connectivity index (χ0) is 34.4. The van der Waals surface area contributed by atoms with Gasteiger partial charge in [0.1, 0.15) is 30.2 Å². The normalized spacial score (nSPS) is 15.6. The smallest absolute Gasteiger partial charge is 0.417 e. The quantitative estimate of drug-likeness (QED) is 0.150. The molecule has 0 spiro atoms. The fourth-order valence-corrected chi connectivity index (χ4v) is 6.25. The second kappa shape index (κ2) is 17.7. The molecule has 0 radical (unpaired) electrons. The van der Waals surface area contributed by atoms with Gasteiger partial charge in [-0.2, -0.15) is 10.4 Å². The van der Waals surface area contributed by atoms with Crippen molar-refractivity contribution in [3.63, 3.8) is 0 Å². The molecule has 50 heavy (non-hydrogen) atoms. The molecule has 2 N–H and O–H groups in total. The zero-order valence-electron chi connectivity index (χ0n) is 26.7. The van der Waals surface area contributed by atoms with Crippen molar-refractivity contribution < 1.29 is 37.7 Å². The lowest BCUT2D eigenvalue weighted by atomic mass is 9.82. The summed E-state index contributed by atoms with van der Waals surface area (Å²) in [5.74, 6) is -3.48. The van der Waals surface area contributed by atoms with Gasteiger partial charge in [-0.3, -0.25) is 9.59 Å². The number of hydrogen-bond donors (Lipinski definition) is 2. The van der Waals surface area contributed by atoms with Crippen LogP contribution in [0.5, 0.6) is 0 Å². The Labute approximate surface area is 313 Å². The molecular formula is C32H33ClF2IN7O6S. The maximum absolute atomic E-state index is 15.2. The van der Waals surface area contributed by atoms with Crippen molar-refractivity contribution in [2.24, 2.45) is 0 Å². The van der Waals surface area contributed by atoms with Gasteiger partial charge in [0.15, 0.2) is 12.4 Å². The van der Waals surface area contributed by atoms with E-state index in [1.807, 2.05) is 0 Å². The average Bonchev–Trinajstić information content (AvgIpc) is 3.84. The minimum Gasteiger partial charge on any atom is -0.463 e. The Morgan fingerprint density at radius 1 is 1.22 bits per heavy atom. The van der Waals surface area contributed by atoms with Crippen LogP contribution in [0.15, 0.2) is 54.2 Å². The number of carbonyl (C=O) groups excluding carboxylic acids is 3. The number of imide groups is 1. The van der Waals surface area contributed by atoms with Gasteiger partial charge < -0.3 is 19.9 Å². The molecular weight excluding hydrogens is 811 g/mol. The SMILES string of the molecule is CNCC(=O)OC[C@@H]1CCC(=O)N1C(=O)OCc1ncn(C[C@](O)(c2cc(F)ccc2F)[C@@H](C)c2nc(-c3ccc(C#N)cc3)cs2)n1.Cl.I. The van der Waals surface area contributed by atoms with Gasteiger partial charge in [0, 0.05) is 28.8 Å². The number of likely N-dealkylation sites (tertiary alicyclic amines) is 1. The van der Waals surface area contributed by atoms with E-state index in [-0.39, 0.29) is 73.9 Å². The Balaban J connectivity index is 0.00000338. The van der Waals surface area contributed by atoms with Gasteiger partial charge in [-0.15, -0.1) is 47.7 Å². The van der Waals surface area contributed by atoms with E-state index in [9.17, 15) is 23.9 Å². The number of esters is 1. The van der Waals surface area contributed by atoms with Gasteiger partial charge in [0.2, 0.25) is 5.91 Å². The van der Waals surface area contributed by atoms with Gasteiger partial charge >= 0.3 is 12.1 Å². The predicted molar refractivity (Wildman–Crippen MR) is 189 cm³/mol. The number of amides is 2. The molecule has 1 saturated heterocycles. The Morgan fingerprint density at radius 3 is 2.66 bits per heavy atom. The average molecular weight is 844 g/mol. The summed E-state index contributed by atoms with van der Waals surface area (Å²) >= 11 is 1.22. The monoisotopic (exact) mass is 843 g/mol. The van der Waals surface area contributed by atoms with Crippen molar-refractivity contribution in [3.05, 3.63) is 87.8 Å². The second-order valence-electron chi connectivity index (χ2n) is 11.1. The van der Waals surface area contributed by atoms with Gasteiger partial charge in [0.25, 0.3) is 0 Å². The number of nitrogens with one attached hydrogen (secondary N) is 1. The maximum Gasteiger partial charge on any atom is 0.417 e. The van der Waals surface area contributed by atoms with E-state index in [0.717, 1.165) is 28.7 Å². The standard InChI is InChI=1S/C32H31F2N7O6S.ClH.HI/c1-19(30-38-26(16-48-30)21-5-3-20(12-35)4-6-21)32(45,24-11-22(33)7-9-25(24)34)17-40-18-37-27(39-40)15-47-31(44)41-23(8-10-28(41)42)14-46-29(43)13-36-2;;/h3-7,9,11,16,18-19,23,36,45H,8,10,13-15,17H2,1-2H3;2*1H/t19-,23-,32+;;/m0../s1. The van der Waals surface area contributed by atoms with E-state index in [4.69, 9.17) is 14.7 Å². The van der Waals surface area contributed by atoms with Crippen molar-refractivity contribution >= 4 is 65.7 Å². The van der Waals surface area contributed by atoms with Crippen molar-refractivity contribution in [1.82, 2.24) is 30.0 Å². The molecule has 1 aliphatic rings. The summed E-state index contributed by atoms with van der Waals surface area (Å²) in [6.07, 6.45) is 0.664. The molecule has 0 saturated carbocycles. The number of halogens is 4. The van der Waals surface area contributed by atoms with Crippen molar-refractivity contribution in [3.8, 4) is 17.3 Å². The molecule has 1 fully saturated rings. The Morgan fingerprint density at radius 2 is 1.96 bits per heavy atom. The molecule has 3 heterocycles. The number of carbonyl (C=O) groups is 3. The van der Waals surface area contributed by atoms with Crippen LogP contribution in [0.4, 0.5) is 13.6 Å². The number of nitrogens with zero attached hydrogens (tertiary/aromatic N) is 6. The number of benzene rings is 2. The molecule has 5 rings (SSSR count). The fraction of sp³-hybridized carbons (Fsp3) is 0.344. The number of ether oxygens (including phenoxy) is 2. The van der Waals surface area contributed by atoms with Crippen LogP contribution >= 0.6 is 47.7 Å². The van der Waals surface area contributed by atoms with Crippen LogP contribution in [0.25, 0.3) is 11.3 Å². The first-order valence-corrected chi connectivity index (χ1v) is 15.7. The minimum atomic E-state index is -2.08. The van der Waals surface area contributed by atoms with Crippen LogP contribution in [0, 0.1) is 23.0 Å². The van der Waals surface area contributed by atoms with Crippen LogP contribution in [0.1, 0.15) is 47.6 Å². The van der Waals surface area contributed by atoms with Crippen molar-refractivity contribution in [2.75, 3.05) is 20.2 Å². The highest BCUT2D eigenvalue weighted by molar-refractivity contribution is 14.0. The summed E-state index contributed by atoms with van der Waals surface area (Å²) in [6.45, 7) is 0.611. The molecule has 0 aliphatic carbocycles. The van der Waals surface area contributed by atoms with Crippen LogP contribution in [-0.2, 0) is 37.8 Å². The number of thiazole rings is 1. The third kappa shape index (κ3) is 9.17. The van der Waals surface area contributed by atoms with Crippen molar-refractivity contribution in [1.29, 1.82) is 5.26 Å². The summed E-state index contributed by atoms with van der Waals surface area (Å²) in [5.41, 5.74) is -0.600. The second-order valence-corrected chi connectivity index (χ2v) is 12.0. The largest absolute Gasteiger partial charge is 0.463 e. The molecule has 1 aliphatic heterocycles. The van der Waals surface area contributed by atoms with Crippen LogP contribution < -0.4 is 5.32 Å². The Kier molecular flexibility index (Phi) is 14.3. The maximum atomic E-state index is 15.2. The van der Waals surface area contributed by atoms with Crippen LogP contribution in [0.3, 0.4) is 0 Å². The lowest BCUT2D eigenvalue weighted by Gasteiger charge is -2.33. The third-order valence-electron chi connectivity index (χ3n) is 7.90. The van der Waals surface area contributed by atoms with E-state index in [1.54, 1.807) is 43.6 Å². The summed E-state index contributed by atoms with van der Waals surface area (Å²) in [5, 5.41) is 30.3. The predicted octanol–water partition coefficient (Wildman–Crippen LogP) is 4.67. The molecule has 2 amide bonds. The number of rotatable bonds is 12. The number of aliphatic hydroxyl groups is 1. The van der Waals surface area contributed by atoms with E-state index < -0.39 is 53.8 Å². The lowest BCUT2D eigenvalue weighted by Crippen LogP contribution is -2.42. The third-order valence-corrected chi connectivity index (χ3v) is 8.93. The molecule has 4 aromatic rings. The van der Waals surface area contributed by atoms with Gasteiger partial charge in [-0.05, 0) is 43.8 Å². The highest BCUT2D eigenvalue weighted by Crippen LogP contribution is 2.41. The zero-order valence-corrected chi connectivity index (χ0v) is 30.7. The van der Waals surface area contributed by atoms with E-state index in [0.29, 0.717) is 22.7 Å². The van der Waals surface area contributed by atoms with Crippen LogP contribution in [-0.4, -0.2) is 74.0 Å². The molecule has 2 aromatic heterocycles. The van der Waals surface area contributed by atoms with E-state index in [2.05, 4.69) is 26.5 Å². The first-order chi connectivity index (χ1) is 23.0. The Bertz CT molecular complexity index is 1860. The molecule has 0 bridgehead atoms. The number of likely N-dealkylation sites (N-methyl/N-ethyl adjacent to an activating group) is 1. The molecule has 2 aromatic carbocycles. The summed E-state index contributed by atoms with van der Waals surface area (Å²) in [7, 11) is 1.58. The fourth-order valence-electron chi connectivity index (χ4n) is 5.28. The van der Waals surface area contributed by atoms with Crippen LogP contribution in [0.2, 0.25) is 0 Å². The summed E-state index contributed by atoms with van der Waals surface area (Å²) < 4.78 is 41.2.